The maximum absolute atomic E-state index is 5.66. The summed E-state index contributed by atoms with van der Waals surface area (Å²) in [5.74, 6) is 1.05. The van der Waals surface area contributed by atoms with E-state index in [1.165, 1.54) is 5.56 Å². The van der Waals surface area contributed by atoms with Crippen LogP contribution in [0.15, 0.2) is 36.4 Å². The number of aryl methyl sites for hydroxylation is 1. The van der Waals surface area contributed by atoms with E-state index in [1.807, 2.05) is 18.2 Å². The zero-order valence-corrected chi connectivity index (χ0v) is 10.5. The van der Waals surface area contributed by atoms with Crippen LogP contribution in [0, 0.1) is 0 Å². The summed E-state index contributed by atoms with van der Waals surface area (Å²) in [7, 11) is 0. The minimum atomic E-state index is 0.350. The molecule has 1 aromatic carbocycles. The SMILES string of the molecule is CCCc1ccc(Nc2ccc(N)c(N)n2)cc1. The minimum absolute atomic E-state index is 0.350. The van der Waals surface area contributed by atoms with E-state index in [4.69, 9.17) is 11.5 Å². The third-order valence-electron chi connectivity index (χ3n) is 2.72. The standard InChI is InChI=1S/C14H18N4/c1-2-3-10-4-6-11(7-5-10)17-13-9-8-12(15)14(16)18-13/h4-9H,2-3,15H2,1H3,(H3,16,17,18). The fourth-order valence-corrected chi connectivity index (χ4v) is 1.75. The zero-order valence-electron chi connectivity index (χ0n) is 10.5. The van der Waals surface area contributed by atoms with Crippen molar-refractivity contribution in [3.8, 4) is 0 Å². The molecule has 2 rings (SSSR count). The summed E-state index contributed by atoms with van der Waals surface area (Å²) in [6.45, 7) is 2.17. The Morgan fingerprint density at radius 2 is 1.78 bits per heavy atom. The van der Waals surface area contributed by atoms with Gasteiger partial charge in [0.2, 0.25) is 0 Å². The molecule has 18 heavy (non-hydrogen) atoms. The second-order valence-electron chi connectivity index (χ2n) is 4.24. The molecular formula is C14H18N4. The van der Waals surface area contributed by atoms with Crippen LogP contribution in [0.4, 0.5) is 23.0 Å². The van der Waals surface area contributed by atoms with Crippen molar-refractivity contribution in [1.82, 2.24) is 4.98 Å². The van der Waals surface area contributed by atoms with Crippen LogP contribution in [0.5, 0.6) is 0 Å². The molecule has 0 unspecified atom stereocenters. The van der Waals surface area contributed by atoms with E-state index in [0.717, 1.165) is 18.5 Å². The third kappa shape index (κ3) is 2.91. The van der Waals surface area contributed by atoms with Gasteiger partial charge in [0, 0.05) is 5.69 Å². The number of aromatic nitrogens is 1. The summed E-state index contributed by atoms with van der Waals surface area (Å²) >= 11 is 0. The molecule has 94 valence electrons. The van der Waals surface area contributed by atoms with Gasteiger partial charge < -0.3 is 16.8 Å². The Morgan fingerprint density at radius 1 is 1.06 bits per heavy atom. The average Bonchev–Trinajstić information content (AvgIpc) is 2.37. The molecule has 0 aliphatic heterocycles. The Hall–Kier alpha value is -2.23. The topological polar surface area (TPSA) is 77.0 Å². The Bertz CT molecular complexity index is 520. The van der Waals surface area contributed by atoms with Crippen molar-refractivity contribution in [3.63, 3.8) is 0 Å². The summed E-state index contributed by atoms with van der Waals surface area (Å²) in [6.07, 6.45) is 2.26. The van der Waals surface area contributed by atoms with Gasteiger partial charge in [-0.2, -0.15) is 0 Å². The lowest BCUT2D eigenvalue weighted by molar-refractivity contribution is 0.922. The van der Waals surface area contributed by atoms with Gasteiger partial charge in [-0.15, -0.1) is 0 Å². The quantitative estimate of drug-likeness (QED) is 0.770. The molecule has 0 aliphatic rings. The van der Waals surface area contributed by atoms with Gasteiger partial charge in [-0.1, -0.05) is 25.5 Å². The lowest BCUT2D eigenvalue weighted by atomic mass is 10.1. The average molecular weight is 242 g/mol. The number of nitrogen functional groups attached to an aromatic ring is 2. The van der Waals surface area contributed by atoms with E-state index < -0.39 is 0 Å². The Morgan fingerprint density at radius 3 is 2.39 bits per heavy atom. The predicted molar refractivity (Wildman–Crippen MR) is 76.8 cm³/mol. The molecule has 0 atom stereocenters. The summed E-state index contributed by atoms with van der Waals surface area (Å²) in [4.78, 5) is 4.17. The molecule has 0 aliphatic carbocycles. The van der Waals surface area contributed by atoms with Crippen LogP contribution in [0.25, 0.3) is 0 Å². The predicted octanol–water partition coefficient (Wildman–Crippen LogP) is 2.94. The van der Waals surface area contributed by atoms with Gasteiger partial charge in [-0.25, -0.2) is 4.98 Å². The molecule has 4 heteroatoms. The molecular weight excluding hydrogens is 224 g/mol. The fraction of sp³-hybridized carbons (Fsp3) is 0.214. The van der Waals surface area contributed by atoms with E-state index in [9.17, 15) is 0 Å². The van der Waals surface area contributed by atoms with Crippen molar-refractivity contribution < 1.29 is 0 Å². The Labute approximate surface area is 107 Å². The van der Waals surface area contributed by atoms with Crippen LogP contribution in [0.3, 0.4) is 0 Å². The third-order valence-corrected chi connectivity index (χ3v) is 2.72. The number of benzene rings is 1. The number of nitrogens with two attached hydrogens (primary N) is 2. The first-order valence-electron chi connectivity index (χ1n) is 6.07. The van der Waals surface area contributed by atoms with E-state index in [0.29, 0.717) is 17.3 Å². The van der Waals surface area contributed by atoms with Gasteiger partial charge in [0.15, 0.2) is 0 Å². The van der Waals surface area contributed by atoms with Crippen LogP contribution in [-0.2, 0) is 6.42 Å². The fourth-order valence-electron chi connectivity index (χ4n) is 1.75. The highest BCUT2D eigenvalue weighted by molar-refractivity contribution is 5.65. The van der Waals surface area contributed by atoms with Crippen molar-refractivity contribution in [3.05, 3.63) is 42.0 Å². The number of rotatable bonds is 4. The van der Waals surface area contributed by atoms with Crippen molar-refractivity contribution in [2.24, 2.45) is 0 Å². The normalized spacial score (nSPS) is 10.3. The van der Waals surface area contributed by atoms with Gasteiger partial charge in [-0.05, 0) is 36.2 Å². The molecule has 1 heterocycles. The maximum atomic E-state index is 5.66. The maximum Gasteiger partial charge on any atom is 0.149 e. The summed E-state index contributed by atoms with van der Waals surface area (Å²) in [5.41, 5.74) is 14.1. The molecule has 4 nitrogen and oxygen atoms in total. The highest BCUT2D eigenvalue weighted by atomic mass is 15.0. The summed E-state index contributed by atoms with van der Waals surface area (Å²) < 4.78 is 0. The first kappa shape index (κ1) is 12.2. The first-order valence-corrected chi connectivity index (χ1v) is 6.07. The van der Waals surface area contributed by atoms with Crippen LogP contribution < -0.4 is 16.8 Å². The first-order chi connectivity index (χ1) is 8.69. The lowest BCUT2D eigenvalue weighted by Crippen LogP contribution is -2.01. The second-order valence-corrected chi connectivity index (χ2v) is 4.24. The molecule has 0 fully saturated rings. The molecule has 5 N–H and O–H groups in total. The molecule has 0 saturated carbocycles. The van der Waals surface area contributed by atoms with Crippen molar-refractivity contribution in [2.45, 2.75) is 19.8 Å². The summed E-state index contributed by atoms with van der Waals surface area (Å²) in [6, 6.07) is 11.9. The number of hydrogen-bond acceptors (Lipinski definition) is 4. The smallest absolute Gasteiger partial charge is 0.149 e. The van der Waals surface area contributed by atoms with Crippen LogP contribution in [0.2, 0.25) is 0 Å². The largest absolute Gasteiger partial charge is 0.396 e. The van der Waals surface area contributed by atoms with Gasteiger partial charge in [0.1, 0.15) is 11.6 Å². The van der Waals surface area contributed by atoms with Gasteiger partial charge in [0.05, 0.1) is 5.69 Å². The number of hydrogen-bond donors (Lipinski definition) is 3. The van der Waals surface area contributed by atoms with Gasteiger partial charge in [0.25, 0.3) is 0 Å². The number of pyridine rings is 1. The highest BCUT2D eigenvalue weighted by Gasteiger charge is 2.00. The molecule has 0 spiro atoms. The summed E-state index contributed by atoms with van der Waals surface area (Å²) in [5, 5.41) is 3.19. The Balaban J connectivity index is 2.10. The van der Waals surface area contributed by atoms with Crippen LogP contribution in [-0.4, -0.2) is 4.98 Å². The Kier molecular flexibility index (Phi) is 3.67. The van der Waals surface area contributed by atoms with Crippen LogP contribution >= 0.6 is 0 Å². The van der Waals surface area contributed by atoms with E-state index in [2.05, 4.69) is 29.4 Å². The van der Waals surface area contributed by atoms with Gasteiger partial charge >= 0.3 is 0 Å². The zero-order chi connectivity index (χ0) is 13.0. The second kappa shape index (κ2) is 5.40. The monoisotopic (exact) mass is 242 g/mol. The molecule has 0 amide bonds. The van der Waals surface area contributed by atoms with Crippen molar-refractivity contribution in [1.29, 1.82) is 0 Å². The number of anilines is 4. The molecule has 2 aromatic rings. The molecule has 0 radical (unpaired) electrons. The van der Waals surface area contributed by atoms with Crippen LogP contribution in [0.1, 0.15) is 18.9 Å². The number of nitrogens with zero attached hydrogens (tertiary/aromatic N) is 1. The highest BCUT2D eigenvalue weighted by Crippen LogP contribution is 2.19. The molecule has 0 saturated heterocycles. The van der Waals surface area contributed by atoms with Gasteiger partial charge in [-0.3, -0.25) is 0 Å². The number of nitrogens with one attached hydrogen (secondary N) is 1. The molecule has 0 bridgehead atoms. The van der Waals surface area contributed by atoms with E-state index in [-0.39, 0.29) is 0 Å². The van der Waals surface area contributed by atoms with E-state index in [1.54, 1.807) is 6.07 Å². The van der Waals surface area contributed by atoms with Crippen molar-refractivity contribution in [2.75, 3.05) is 16.8 Å². The van der Waals surface area contributed by atoms with E-state index >= 15 is 0 Å². The lowest BCUT2D eigenvalue weighted by Gasteiger charge is -2.08. The minimum Gasteiger partial charge on any atom is -0.396 e. The van der Waals surface area contributed by atoms with Crippen molar-refractivity contribution >= 4 is 23.0 Å². The molecule has 1 aromatic heterocycles.